The van der Waals surface area contributed by atoms with Crippen molar-refractivity contribution in [3.05, 3.63) is 51.3 Å². The zero-order valence-corrected chi connectivity index (χ0v) is 15.5. The highest BCUT2D eigenvalue weighted by atomic mass is 16.5. The lowest BCUT2D eigenvalue weighted by Crippen LogP contribution is -2.38. The van der Waals surface area contributed by atoms with E-state index in [-0.39, 0.29) is 24.3 Å². The molecule has 0 unspecified atom stereocenters. The summed E-state index contributed by atoms with van der Waals surface area (Å²) in [7, 11) is 2.82. The van der Waals surface area contributed by atoms with E-state index in [1.54, 1.807) is 12.1 Å². The van der Waals surface area contributed by atoms with E-state index in [0.29, 0.717) is 5.76 Å². The molecule has 3 aromatic heterocycles. The molecule has 0 aliphatic heterocycles. The number of aryl methyl sites for hydroxylation is 1. The fraction of sp³-hybridized carbons (Fsp3) is 0.353. The third-order valence-electron chi connectivity index (χ3n) is 4.21. The van der Waals surface area contributed by atoms with E-state index in [1.807, 2.05) is 0 Å². The number of ether oxygens (including phenoxy) is 1. The van der Waals surface area contributed by atoms with Gasteiger partial charge >= 0.3 is 11.7 Å². The van der Waals surface area contributed by atoms with Gasteiger partial charge in [0.2, 0.25) is 0 Å². The van der Waals surface area contributed by atoms with Crippen LogP contribution in [0.15, 0.2) is 38.7 Å². The van der Waals surface area contributed by atoms with Gasteiger partial charge in [0, 0.05) is 14.1 Å². The Morgan fingerprint density at radius 3 is 2.71 bits per heavy atom. The minimum absolute atomic E-state index is 0.0940. The van der Waals surface area contributed by atoms with E-state index in [1.165, 1.54) is 42.7 Å². The molecule has 0 bridgehead atoms. The highest BCUT2D eigenvalue weighted by Crippen LogP contribution is 2.06. The van der Waals surface area contributed by atoms with E-state index in [9.17, 15) is 19.2 Å². The number of hydrogen-bond donors (Lipinski definition) is 1. The molecule has 0 aromatic carbocycles. The molecule has 0 fully saturated rings. The van der Waals surface area contributed by atoms with Gasteiger partial charge in [0.15, 0.2) is 17.3 Å². The number of hydrogen-bond acceptors (Lipinski definition) is 7. The molecule has 3 heterocycles. The molecule has 3 rings (SSSR count). The van der Waals surface area contributed by atoms with E-state index >= 15 is 0 Å². The number of amides is 1. The first-order chi connectivity index (χ1) is 13.3. The van der Waals surface area contributed by atoms with Gasteiger partial charge in [-0.05, 0) is 19.1 Å². The first-order valence-electron chi connectivity index (χ1n) is 8.40. The van der Waals surface area contributed by atoms with Crippen molar-refractivity contribution >= 4 is 23.0 Å². The molecule has 0 saturated carbocycles. The first kappa shape index (κ1) is 19.1. The second-order valence-electron chi connectivity index (χ2n) is 6.18. The summed E-state index contributed by atoms with van der Waals surface area (Å²) in [6.07, 6.45) is 1.72. The number of nitrogens with one attached hydrogen (secondary N) is 1. The fourth-order valence-electron chi connectivity index (χ4n) is 2.68. The maximum Gasteiger partial charge on any atom is 0.332 e. The summed E-state index contributed by atoms with van der Waals surface area (Å²) in [5, 5.41) is 2.59. The van der Waals surface area contributed by atoms with Gasteiger partial charge in [0.1, 0.15) is 12.3 Å². The van der Waals surface area contributed by atoms with Crippen molar-refractivity contribution in [3.63, 3.8) is 0 Å². The Labute approximate surface area is 158 Å². The quantitative estimate of drug-likeness (QED) is 0.550. The summed E-state index contributed by atoms with van der Waals surface area (Å²) in [4.78, 5) is 52.5. The van der Waals surface area contributed by atoms with Crippen molar-refractivity contribution in [1.29, 1.82) is 0 Å². The van der Waals surface area contributed by atoms with Crippen LogP contribution in [-0.2, 0) is 41.5 Å². The molecule has 0 aliphatic rings. The molecule has 11 nitrogen and oxygen atoms in total. The van der Waals surface area contributed by atoms with Gasteiger partial charge < -0.3 is 19.0 Å². The van der Waals surface area contributed by atoms with Crippen molar-refractivity contribution in [2.24, 2.45) is 14.1 Å². The molecule has 1 N–H and O–H groups in total. The number of furan rings is 1. The minimum Gasteiger partial charge on any atom is -0.467 e. The summed E-state index contributed by atoms with van der Waals surface area (Å²) in [6, 6.07) is 3.40. The van der Waals surface area contributed by atoms with Crippen LogP contribution >= 0.6 is 0 Å². The van der Waals surface area contributed by atoms with Crippen molar-refractivity contribution in [3.8, 4) is 0 Å². The van der Waals surface area contributed by atoms with Crippen LogP contribution in [0.5, 0.6) is 0 Å². The predicted octanol–water partition coefficient (Wildman–Crippen LogP) is -0.725. The SMILES string of the molecule is C[C@H](OC(=O)Cn1cnc2c1c(=O)n(C)c(=O)n2C)C(=O)NCc1ccco1. The topological polar surface area (TPSA) is 130 Å². The van der Waals surface area contributed by atoms with Gasteiger partial charge in [-0.2, -0.15) is 0 Å². The summed E-state index contributed by atoms with van der Waals surface area (Å²) in [5.41, 5.74) is -0.846. The number of imidazole rings is 1. The standard InChI is InChI=1S/C17H19N5O6/c1-10(15(24)18-7-11-5-4-6-27-11)28-12(23)8-22-9-19-14-13(22)16(25)21(3)17(26)20(14)2/h4-6,9-10H,7-8H2,1-3H3,(H,18,24)/t10-/m0/s1. The summed E-state index contributed by atoms with van der Waals surface area (Å²) in [5.74, 6) is -0.646. The van der Waals surface area contributed by atoms with Gasteiger partial charge in [0.05, 0.1) is 19.1 Å². The van der Waals surface area contributed by atoms with Crippen LogP contribution in [0.25, 0.3) is 11.2 Å². The Morgan fingerprint density at radius 1 is 1.29 bits per heavy atom. The van der Waals surface area contributed by atoms with E-state index in [4.69, 9.17) is 9.15 Å². The number of esters is 1. The lowest BCUT2D eigenvalue weighted by Gasteiger charge is -2.13. The molecule has 148 valence electrons. The average Bonchev–Trinajstić information content (AvgIpc) is 3.32. The highest BCUT2D eigenvalue weighted by Gasteiger charge is 2.20. The minimum atomic E-state index is -1.04. The Balaban J connectivity index is 1.69. The van der Waals surface area contributed by atoms with Crippen LogP contribution in [0, 0.1) is 0 Å². The molecule has 11 heteroatoms. The molecular formula is C17H19N5O6. The number of rotatable bonds is 6. The summed E-state index contributed by atoms with van der Waals surface area (Å²) < 4.78 is 13.7. The molecule has 0 radical (unpaired) electrons. The number of nitrogens with zero attached hydrogens (tertiary/aromatic N) is 4. The van der Waals surface area contributed by atoms with E-state index in [2.05, 4.69) is 10.3 Å². The Hall–Kier alpha value is -3.63. The molecule has 3 aromatic rings. The Bertz CT molecular complexity index is 1140. The van der Waals surface area contributed by atoms with Crippen molar-refractivity contribution < 1.29 is 18.7 Å². The van der Waals surface area contributed by atoms with E-state index in [0.717, 1.165) is 4.57 Å². The number of carbonyl (C=O) groups is 2. The first-order valence-corrected chi connectivity index (χ1v) is 8.40. The molecule has 0 spiro atoms. The van der Waals surface area contributed by atoms with Crippen LogP contribution in [0.2, 0.25) is 0 Å². The lowest BCUT2D eigenvalue weighted by molar-refractivity contribution is -0.155. The van der Waals surface area contributed by atoms with Crippen molar-refractivity contribution in [1.82, 2.24) is 24.0 Å². The molecule has 0 aliphatic carbocycles. The van der Waals surface area contributed by atoms with Crippen LogP contribution in [0.1, 0.15) is 12.7 Å². The zero-order chi connectivity index (χ0) is 20.4. The number of carbonyl (C=O) groups excluding carboxylic acids is 2. The van der Waals surface area contributed by atoms with Crippen LogP contribution in [0.3, 0.4) is 0 Å². The maximum atomic E-state index is 12.4. The average molecular weight is 389 g/mol. The maximum absolute atomic E-state index is 12.4. The number of fused-ring (bicyclic) bond motifs is 1. The Kier molecular flexibility index (Phi) is 5.16. The number of aromatic nitrogens is 4. The molecule has 28 heavy (non-hydrogen) atoms. The van der Waals surface area contributed by atoms with Gasteiger partial charge in [-0.1, -0.05) is 0 Å². The largest absolute Gasteiger partial charge is 0.467 e. The summed E-state index contributed by atoms with van der Waals surface area (Å²) >= 11 is 0. The molecule has 0 saturated heterocycles. The zero-order valence-electron chi connectivity index (χ0n) is 15.5. The van der Waals surface area contributed by atoms with Crippen molar-refractivity contribution in [2.75, 3.05) is 0 Å². The Morgan fingerprint density at radius 2 is 2.04 bits per heavy atom. The van der Waals surface area contributed by atoms with E-state index < -0.39 is 29.2 Å². The highest BCUT2D eigenvalue weighted by molar-refractivity contribution is 5.83. The van der Waals surface area contributed by atoms with Gasteiger partial charge in [-0.15, -0.1) is 0 Å². The third-order valence-corrected chi connectivity index (χ3v) is 4.21. The lowest BCUT2D eigenvalue weighted by atomic mass is 10.3. The van der Waals surface area contributed by atoms with Crippen LogP contribution in [-0.4, -0.2) is 36.7 Å². The predicted molar refractivity (Wildman–Crippen MR) is 96.3 cm³/mol. The third kappa shape index (κ3) is 3.59. The van der Waals surface area contributed by atoms with Gasteiger partial charge in [-0.25, -0.2) is 9.78 Å². The second kappa shape index (κ2) is 7.55. The van der Waals surface area contributed by atoms with Gasteiger partial charge in [-0.3, -0.25) is 23.5 Å². The second-order valence-corrected chi connectivity index (χ2v) is 6.18. The van der Waals surface area contributed by atoms with Gasteiger partial charge in [0.25, 0.3) is 11.5 Å². The molecule has 1 amide bonds. The molecule has 1 atom stereocenters. The van der Waals surface area contributed by atoms with Crippen LogP contribution < -0.4 is 16.6 Å². The fourth-order valence-corrected chi connectivity index (χ4v) is 2.68. The normalized spacial score (nSPS) is 12.1. The van der Waals surface area contributed by atoms with Crippen molar-refractivity contribution in [2.45, 2.75) is 26.1 Å². The summed E-state index contributed by atoms with van der Waals surface area (Å²) in [6.45, 7) is 1.27. The smallest absolute Gasteiger partial charge is 0.332 e. The van der Waals surface area contributed by atoms with Crippen LogP contribution in [0.4, 0.5) is 0 Å². The monoisotopic (exact) mass is 389 g/mol. The molecular weight excluding hydrogens is 370 g/mol.